The lowest BCUT2D eigenvalue weighted by molar-refractivity contribution is -0.143. The van der Waals surface area contributed by atoms with Crippen molar-refractivity contribution in [3.8, 4) is 0 Å². The quantitative estimate of drug-likeness (QED) is 0.134. The molecular formula is C52H99B3N6O14. The zero-order valence-electron chi connectivity index (χ0n) is 49.4. The van der Waals surface area contributed by atoms with Crippen LogP contribution in [0.15, 0.2) is 0 Å². The van der Waals surface area contributed by atoms with Crippen molar-refractivity contribution >= 4 is 51.3 Å². The van der Waals surface area contributed by atoms with Crippen LogP contribution in [0.1, 0.15) is 163 Å². The van der Waals surface area contributed by atoms with E-state index < -0.39 is 17.2 Å². The fraction of sp³-hybridized carbons (Fsp3) is 0.904. The van der Waals surface area contributed by atoms with E-state index in [2.05, 4.69) is 16.0 Å². The minimum atomic E-state index is -0.774. The molecule has 6 fully saturated rings. The lowest BCUT2D eigenvalue weighted by Crippen LogP contribution is -2.45. The molecule has 0 bridgehead atoms. The van der Waals surface area contributed by atoms with Crippen LogP contribution >= 0.6 is 0 Å². The van der Waals surface area contributed by atoms with Gasteiger partial charge in [-0.05, 0) is 202 Å². The van der Waals surface area contributed by atoms with Crippen LogP contribution in [-0.4, -0.2) is 170 Å². The van der Waals surface area contributed by atoms with E-state index in [1.807, 2.05) is 125 Å². The molecule has 0 aromatic carbocycles. The molecule has 0 radical (unpaired) electrons. The van der Waals surface area contributed by atoms with E-state index in [0.717, 1.165) is 32.3 Å². The molecule has 6 heterocycles. The molecule has 0 aromatic heterocycles. The van der Waals surface area contributed by atoms with Crippen LogP contribution in [0, 0.1) is 17.8 Å². The van der Waals surface area contributed by atoms with Gasteiger partial charge in [0.15, 0.2) is 0 Å². The van der Waals surface area contributed by atoms with Gasteiger partial charge in [-0.3, -0.25) is 14.4 Å². The first-order valence-electron chi connectivity index (χ1n) is 27.5. The number of carbonyl (C=O) groups excluding carboxylic acids is 4. The molecule has 4 amide bonds. The first-order chi connectivity index (χ1) is 34.3. The number of aliphatic carboxylic acids is 1. The minimum Gasteiger partial charge on any atom is -0.481 e. The highest BCUT2D eigenvalue weighted by atomic mass is 16.7. The summed E-state index contributed by atoms with van der Waals surface area (Å²) in [7, 11) is -0.655. The second-order valence-corrected chi connectivity index (χ2v) is 25.6. The zero-order chi connectivity index (χ0) is 57.0. The SMILES string of the molecule is CC(C)(C)OC(=O)N1CCC(C(=O)NCCB2OC(C)(C)C(C)(C)O2)CC1.CC(C)(C)OC(=O)N1CCC(C(=O)O)CC1.CC1(C)OB(CCN)OC1(C)C.CC1(C)OB(CCNC(=O)C2CCNCC2)OC1(C)C. The van der Waals surface area contributed by atoms with Crippen molar-refractivity contribution in [1.29, 1.82) is 0 Å². The molecule has 0 spiro atoms. The van der Waals surface area contributed by atoms with Crippen LogP contribution in [0.3, 0.4) is 0 Å². The molecule has 0 aliphatic carbocycles. The van der Waals surface area contributed by atoms with Crippen LogP contribution < -0.4 is 21.7 Å². The van der Waals surface area contributed by atoms with Gasteiger partial charge in [-0.1, -0.05) is 0 Å². The number of nitrogens with two attached hydrogens (primary N) is 1. The smallest absolute Gasteiger partial charge is 0.459 e. The third kappa shape index (κ3) is 20.9. The van der Waals surface area contributed by atoms with E-state index >= 15 is 0 Å². The molecule has 0 unspecified atom stereocenters. The fourth-order valence-electron chi connectivity index (χ4n) is 8.67. The van der Waals surface area contributed by atoms with Crippen molar-refractivity contribution in [2.45, 2.75) is 227 Å². The number of amides is 4. The van der Waals surface area contributed by atoms with Gasteiger partial charge in [0.2, 0.25) is 11.8 Å². The molecule has 6 N–H and O–H groups in total. The number of nitrogens with one attached hydrogen (secondary N) is 3. The normalized spacial score (nSPS) is 23.1. The van der Waals surface area contributed by atoms with Crippen LogP contribution in [-0.2, 0) is 51.8 Å². The molecule has 0 atom stereocenters. The number of likely N-dealkylation sites (tertiary alicyclic amines) is 2. The molecule has 0 saturated carbocycles. The van der Waals surface area contributed by atoms with Gasteiger partial charge in [0.05, 0.1) is 39.5 Å². The highest BCUT2D eigenvalue weighted by molar-refractivity contribution is 6.46. The lowest BCUT2D eigenvalue weighted by atomic mass is 9.85. The topological polar surface area (TPSA) is 248 Å². The molecular weight excluding hydrogens is 965 g/mol. The Balaban J connectivity index is 0.000000275. The molecule has 75 heavy (non-hydrogen) atoms. The summed E-state index contributed by atoms with van der Waals surface area (Å²) in [5.41, 5.74) is 2.70. The van der Waals surface area contributed by atoms with Crippen molar-refractivity contribution in [1.82, 2.24) is 25.8 Å². The number of nitrogens with zero attached hydrogens (tertiary/aromatic N) is 2. The van der Waals surface area contributed by atoms with Crippen LogP contribution in [0.4, 0.5) is 9.59 Å². The highest BCUT2D eigenvalue weighted by Gasteiger charge is 2.52. The second-order valence-electron chi connectivity index (χ2n) is 25.6. The van der Waals surface area contributed by atoms with E-state index in [0.29, 0.717) is 84.1 Å². The summed E-state index contributed by atoms with van der Waals surface area (Å²) >= 11 is 0. The largest absolute Gasteiger partial charge is 0.481 e. The number of hydrogen-bond acceptors (Lipinski definition) is 15. The first kappa shape index (κ1) is 66.1. The van der Waals surface area contributed by atoms with Gasteiger partial charge < -0.3 is 74.0 Å². The van der Waals surface area contributed by atoms with E-state index in [-0.39, 0.29) is 96.7 Å². The van der Waals surface area contributed by atoms with Crippen molar-refractivity contribution in [3.63, 3.8) is 0 Å². The molecule has 6 rings (SSSR count). The van der Waals surface area contributed by atoms with Crippen LogP contribution in [0.2, 0.25) is 19.0 Å². The van der Waals surface area contributed by atoms with Crippen LogP contribution in [0.5, 0.6) is 0 Å². The third-order valence-electron chi connectivity index (χ3n) is 15.4. The standard InChI is InChI=1S/C19H35BN2O5.C14H27BN2O3.C11H19NO4.C8H18BNO2/c1-17(2,3)25-16(24)22-12-8-14(9-13-22)15(23)21-11-10-20-26-18(4,5)19(6,7)27-20;1-13(2)14(3,4)20-15(19-13)7-10-17-12(18)11-5-8-16-9-6-11;1-11(2,3)16-10(15)12-6-4-8(5-7-12)9(13)14;1-7(2)8(3,4)12-9(11-7)5-6-10/h14H,8-13H2,1-7H3,(H,21,23);11,16H,5-10H2,1-4H3,(H,17,18);8H,4-7H2,1-3H3,(H,13,14);5-6,10H2,1-4H3. The second kappa shape index (κ2) is 27.1. The number of ether oxygens (including phenoxy) is 2. The highest BCUT2D eigenvalue weighted by Crippen LogP contribution is 2.39. The molecule has 6 aliphatic rings. The number of carbonyl (C=O) groups is 5. The molecule has 430 valence electrons. The average Bonchev–Trinajstić information content (AvgIpc) is 3.73. The first-order valence-corrected chi connectivity index (χ1v) is 27.5. The van der Waals surface area contributed by atoms with Gasteiger partial charge in [0, 0.05) is 51.1 Å². The Kier molecular flexibility index (Phi) is 23.9. The summed E-state index contributed by atoms with van der Waals surface area (Å²) in [6.07, 6.45) is 5.63. The molecule has 0 aromatic rings. The number of hydrogen-bond donors (Lipinski definition) is 5. The molecule has 23 heteroatoms. The van der Waals surface area contributed by atoms with Crippen molar-refractivity contribution < 1.29 is 66.5 Å². The predicted molar refractivity (Wildman–Crippen MR) is 292 cm³/mol. The average molecular weight is 1060 g/mol. The number of rotatable bonds is 11. The van der Waals surface area contributed by atoms with E-state index in [1.54, 1.807) is 9.80 Å². The van der Waals surface area contributed by atoms with E-state index in [9.17, 15) is 24.0 Å². The number of piperidine rings is 3. The Morgan fingerprint density at radius 2 is 0.800 bits per heavy atom. The zero-order valence-corrected chi connectivity index (χ0v) is 49.4. The van der Waals surface area contributed by atoms with Gasteiger partial charge in [0.25, 0.3) is 0 Å². The summed E-state index contributed by atoms with van der Waals surface area (Å²) in [4.78, 5) is 62.1. The van der Waals surface area contributed by atoms with Gasteiger partial charge in [0.1, 0.15) is 11.2 Å². The molecule has 6 saturated heterocycles. The summed E-state index contributed by atoms with van der Waals surface area (Å²) in [5, 5.41) is 18.1. The number of carboxylic acid groups (broad SMARTS) is 1. The lowest BCUT2D eigenvalue weighted by Gasteiger charge is -2.32. The maximum absolute atomic E-state index is 12.4. The summed E-state index contributed by atoms with van der Waals surface area (Å²) < 4.78 is 45.7. The van der Waals surface area contributed by atoms with Crippen LogP contribution in [0.25, 0.3) is 0 Å². The Bertz CT molecular complexity index is 1810. The van der Waals surface area contributed by atoms with Gasteiger partial charge in [-0.2, -0.15) is 0 Å². The Hall–Kier alpha value is -3.18. The minimum absolute atomic E-state index is 0.0374. The van der Waals surface area contributed by atoms with Crippen molar-refractivity contribution in [3.05, 3.63) is 0 Å². The Morgan fingerprint density at radius 1 is 0.520 bits per heavy atom. The predicted octanol–water partition coefficient (Wildman–Crippen LogP) is 6.79. The van der Waals surface area contributed by atoms with Gasteiger partial charge in [-0.25, -0.2) is 9.59 Å². The molecule has 20 nitrogen and oxygen atoms in total. The summed E-state index contributed by atoms with van der Waals surface area (Å²) in [6, 6.07) is 0. The van der Waals surface area contributed by atoms with Crippen molar-refractivity contribution in [2.24, 2.45) is 23.5 Å². The maximum atomic E-state index is 12.4. The Morgan fingerprint density at radius 3 is 1.08 bits per heavy atom. The Labute approximate surface area is 451 Å². The summed E-state index contributed by atoms with van der Waals surface area (Å²) in [6.45, 7) is 41.1. The van der Waals surface area contributed by atoms with Gasteiger partial charge in [-0.15, -0.1) is 0 Å². The number of carboxylic acids is 1. The maximum Gasteiger partial charge on any atom is 0.459 e. The van der Waals surface area contributed by atoms with Crippen molar-refractivity contribution in [2.75, 3.05) is 58.9 Å². The fourth-order valence-corrected chi connectivity index (χ4v) is 8.67. The summed E-state index contributed by atoms with van der Waals surface area (Å²) in [5.74, 6) is -0.794. The van der Waals surface area contributed by atoms with E-state index in [1.165, 1.54) is 0 Å². The van der Waals surface area contributed by atoms with E-state index in [4.69, 9.17) is 48.2 Å². The van der Waals surface area contributed by atoms with Gasteiger partial charge >= 0.3 is 39.5 Å². The third-order valence-corrected chi connectivity index (χ3v) is 15.4. The molecule has 6 aliphatic heterocycles. The monoisotopic (exact) mass is 1060 g/mol.